The van der Waals surface area contributed by atoms with E-state index in [1.165, 1.54) is 6.26 Å². The molecule has 4 heterocycles. The molecule has 9 heteroatoms. The minimum atomic E-state index is -2.77. The van der Waals surface area contributed by atoms with Gasteiger partial charge in [-0.15, -0.1) is 0 Å². The van der Waals surface area contributed by atoms with E-state index in [0.29, 0.717) is 25.6 Å². The topological polar surface area (TPSA) is 108 Å². The predicted octanol–water partition coefficient (Wildman–Crippen LogP) is 3.54. The van der Waals surface area contributed by atoms with Gasteiger partial charge in [-0.2, -0.15) is 0 Å². The fourth-order valence-corrected chi connectivity index (χ4v) is 4.76. The summed E-state index contributed by atoms with van der Waals surface area (Å²) in [6.07, 6.45) is 5.08. The van der Waals surface area contributed by atoms with E-state index in [2.05, 4.69) is 35.6 Å². The Hall–Kier alpha value is -2.52. The standard InChI is InChI=1S/C21H28N6O2S/c1-13(2)18-17(12-30(4,22)28)21(27-9-10-29-11-14(27)3)26-20(25-18)16-6-8-24-19-15(16)5-7-23-19/h5-8,13-14,22H,9-12H2,1-4H3,(H,23,24)/t14-,30?/m1/s1. The molecule has 0 aliphatic carbocycles. The lowest BCUT2D eigenvalue weighted by atomic mass is 10.0. The third kappa shape index (κ3) is 4.04. The Bertz CT molecular complexity index is 1170. The average molecular weight is 429 g/mol. The molecule has 0 spiro atoms. The van der Waals surface area contributed by atoms with Crippen molar-refractivity contribution in [3.63, 3.8) is 0 Å². The van der Waals surface area contributed by atoms with Gasteiger partial charge >= 0.3 is 0 Å². The van der Waals surface area contributed by atoms with Crippen molar-refractivity contribution < 1.29 is 8.95 Å². The first-order valence-electron chi connectivity index (χ1n) is 10.1. The highest BCUT2D eigenvalue weighted by Gasteiger charge is 2.28. The number of fused-ring (bicyclic) bond motifs is 1. The molecule has 1 saturated heterocycles. The van der Waals surface area contributed by atoms with Gasteiger partial charge in [0.1, 0.15) is 11.5 Å². The van der Waals surface area contributed by atoms with Gasteiger partial charge in [-0.3, -0.25) is 4.78 Å². The van der Waals surface area contributed by atoms with Crippen molar-refractivity contribution in [3.8, 4) is 11.4 Å². The van der Waals surface area contributed by atoms with Crippen LogP contribution in [0.25, 0.3) is 22.4 Å². The molecule has 1 unspecified atom stereocenters. The van der Waals surface area contributed by atoms with Crippen LogP contribution in [0.15, 0.2) is 24.5 Å². The number of morpholine rings is 1. The summed E-state index contributed by atoms with van der Waals surface area (Å²) in [7, 11) is -2.77. The molecule has 1 fully saturated rings. The summed E-state index contributed by atoms with van der Waals surface area (Å²) in [5, 5.41) is 0.959. The lowest BCUT2D eigenvalue weighted by molar-refractivity contribution is 0.0984. The van der Waals surface area contributed by atoms with Crippen LogP contribution in [0, 0.1) is 4.78 Å². The molecule has 30 heavy (non-hydrogen) atoms. The number of hydrogen-bond acceptors (Lipinski definition) is 7. The maximum absolute atomic E-state index is 12.5. The highest BCUT2D eigenvalue weighted by atomic mass is 32.2. The second kappa shape index (κ2) is 7.96. The summed E-state index contributed by atoms with van der Waals surface area (Å²) in [5.74, 6) is 1.62. The second-order valence-electron chi connectivity index (χ2n) is 8.25. The summed E-state index contributed by atoms with van der Waals surface area (Å²) in [5.41, 5.74) is 3.34. The highest BCUT2D eigenvalue weighted by Crippen LogP contribution is 2.34. The van der Waals surface area contributed by atoms with Gasteiger partial charge in [0.25, 0.3) is 0 Å². The van der Waals surface area contributed by atoms with Gasteiger partial charge in [0, 0.05) is 51.4 Å². The van der Waals surface area contributed by atoms with E-state index in [4.69, 9.17) is 19.5 Å². The number of aromatic amines is 1. The van der Waals surface area contributed by atoms with Crippen LogP contribution in [0.2, 0.25) is 0 Å². The minimum Gasteiger partial charge on any atom is -0.377 e. The van der Waals surface area contributed by atoms with Crippen LogP contribution in [0.3, 0.4) is 0 Å². The number of nitrogens with zero attached hydrogens (tertiary/aromatic N) is 4. The first-order valence-corrected chi connectivity index (χ1v) is 12.3. The van der Waals surface area contributed by atoms with Crippen molar-refractivity contribution in [1.82, 2.24) is 19.9 Å². The van der Waals surface area contributed by atoms with Crippen LogP contribution in [0.4, 0.5) is 5.82 Å². The molecule has 8 nitrogen and oxygen atoms in total. The number of nitrogens with one attached hydrogen (secondary N) is 2. The van der Waals surface area contributed by atoms with E-state index < -0.39 is 9.73 Å². The zero-order valence-corrected chi connectivity index (χ0v) is 18.6. The number of pyridine rings is 1. The van der Waals surface area contributed by atoms with E-state index in [-0.39, 0.29) is 17.7 Å². The van der Waals surface area contributed by atoms with E-state index in [1.807, 2.05) is 18.3 Å². The number of rotatable bonds is 5. The number of ether oxygens (including phenoxy) is 1. The molecule has 1 aliphatic heterocycles. The van der Waals surface area contributed by atoms with Crippen LogP contribution in [0.1, 0.15) is 37.9 Å². The molecule has 2 atom stereocenters. The molecule has 0 bridgehead atoms. The Morgan fingerprint density at radius 3 is 2.87 bits per heavy atom. The molecule has 0 saturated carbocycles. The quantitative estimate of drug-likeness (QED) is 0.643. The van der Waals surface area contributed by atoms with Crippen molar-refractivity contribution >= 4 is 26.6 Å². The Balaban J connectivity index is 1.98. The van der Waals surface area contributed by atoms with Gasteiger partial charge in [0.05, 0.1) is 30.7 Å². The fourth-order valence-electron chi connectivity index (χ4n) is 3.94. The van der Waals surface area contributed by atoms with E-state index in [9.17, 15) is 4.21 Å². The monoisotopic (exact) mass is 428 g/mol. The van der Waals surface area contributed by atoms with E-state index >= 15 is 0 Å². The van der Waals surface area contributed by atoms with Gasteiger partial charge in [-0.05, 0) is 25.0 Å². The first-order chi connectivity index (χ1) is 14.2. The maximum atomic E-state index is 12.5. The second-order valence-corrected chi connectivity index (χ2v) is 10.6. The molecule has 2 N–H and O–H groups in total. The Morgan fingerprint density at radius 2 is 2.17 bits per heavy atom. The van der Waals surface area contributed by atoms with Crippen LogP contribution in [0.5, 0.6) is 0 Å². The lowest BCUT2D eigenvalue weighted by Crippen LogP contribution is -2.45. The zero-order valence-electron chi connectivity index (χ0n) is 17.8. The van der Waals surface area contributed by atoms with Gasteiger partial charge in [0.15, 0.2) is 5.82 Å². The smallest absolute Gasteiger partial charge is 0.162 e. The molecule has 3 aromatic heterocycles. The summed E-state index contributed by atoms with van der Waals surface area (Å²) in [6, 6.07) is 4.03. The maximum Gasteiger partial charge on any atom is 0.162 e. The molecular formula is C21H28N6O2S. The predicted molar refractivity (Wildman–Crippen MR) is 119 cm³/mol. The molecule has 4 rings (SSSR count). The number of hydrogen-bond donors (Lipinski definition) is 2. The SMILES string of the molecule is CC(C)c1nc(-c2ccnc3[nH]ccc23)nc(N2CCOC[C@H]2C)c1CS(C)(=N)=O. The number of H-pyrrole nitrogens is 1. The summed E-state index contributed by atoms with van der Waals surface area (Å²) in [4.78, 5) is 19.6. The van der Waals surface area contributed by atoms with Crippen LogP contribution in [-0.2, 0) is 20.2 Å². The van der Waals surface area contributed by atoms with E-state index in [0.717, 1.165) is 33.7 Å². The van der Waals surface area contributed by atoms with Gasteiger partial charge < -0.3 is 14.6 Å². The minimum absolute atomic E-state index is 0.0992. The van der Waals surface area contributed by atoms with Crippen molar-refractivity contribution in [2.45, 2.75) is 38.5 Å². The van der Waals surface area contributed by atoms with Gasteiger partial charge in [-0.1, -0.05) is 13.8 Å². The van der Waals surface area contributed by atoms with Crippen LogP contribution >= 0.6 is 0 Å². The van der Waals surface area contributed by atoms with Gasteiger partial charge in [-0.25, -0.2) is 19.2 Å². The molecular weight excluding hydrogens is 400 g/mol. The molecule has 0 radical (unpaired) electrons. The molecule has 1 aliphatic rings. The Labute approximate surface area is 177 Å². The summed E-state index contributed by atoms with van der Waals surface area (Å²) in [6.45, 7) is 8.15. The zero-order chi connectivity index (χ0) is 21.5. The number of aromatic nitrogens is 4. The third-order valence-electron chi connectivity index (χ3n) is 5.32. The molecule has 3 aromatic rings. The molecule has 0 amide bonds. The van der Waals surface area contributed by atoms with Crippen molar-refractivity contribution in [3.05, 3.63) is 35.8 Å². The largest absolute Gasteiger partial charge is 0.377 e. The van der Waals surface area contributed by atoms with Crippen molar-refractivity contribution in [2.75, 3.05) is 30.9 Å². The van der Waals surface area contributed by atoms with Crippen LogP contribution in [-0.4, -0.2) is 56.2 Å². The fraction of sp³-hybridized carbons (Fsp3) is 0.476. The summed E-state index contributed by atoms with van der Waals surface area (Å²) >= 11 is 0. The average Bonchev–Trinajstić information content (AvgIpc) is 3.16. The molecule has 160 valence electrons. The highest BCUT2D eigenvalue weighted by molar-refractivity contribution is 7.90. The Morgan fingerprint density at radius 1 is 1.37 bits per heavy atom. The van der Waals surface area contributed by atoms with Crippen molar-refractivity contribution in [1.29, 1.82) is 4.78 Å². The Kier molecular flexibility index (Phi) is 5.50. The van der Waals surface area contributed by atoms with Crippen molar-refractivity contribution in [2.24, 2.45) is 0 Å². The van der Waals surface area contributed by atoms with Crippen LogP contribution < -0.4 is 4.90 Å². The first kappa shape index (κ1) is 20.7. The number of anilines is 1. The van der Waals surface area contributed by atoms with Gasteiger partial charge in [0.2, 0.25) is 0 Å². The lowest BCUT2D eigenvalue weighted by Gasteiger charge is -2.36. The normalized spacial score (nSPS) is 19.4. The molecule has 0 aromatic carbocycles. The summed E-state index contributed by atoms with van der Waals surface area (Å²) < 4.78 is 26.2. The third-order valence-corrected chi connectivity index (χ3v) is 6.16. The van der Waals surface area contributed by atoms with E-state index in [1.54, 1.807) is 6.20 Å².